The molecule has 9 heteroatoms. The fourth-order valence-electron chi connectivity index (χ4n) is 4.20. The van der Waals surface area contributed by atoms with Gasteiger partial charge in [0.15, 0.2) is 4.80 Å². The fourth-order valence-corrected chi connectivity index (χ4v) is 5.28. The van der Waals surface area contributed by atoms with E-state index in [4.69, 9.17) is 14.5 Å². The maximum atomic E-state index is 13.4. The van der Waals surface area contributed by atoms with Crippen LogP contribution in [0.3, 0.4) is 0 Å². The molecule has 0 aliphatic carbocycles. The second kappa shape index (κ2) is 6.66. The Morgan fingerprint density at radius 1 is 1.37 bits per heavy atom. The molecule has 0 amide bonds. The van der Waals surface area contributed by atoms with Gasteiger partial charge in [-0.25, -0.2) is 4.99 Å². The van der Waals surface area contributed by atoms with E-state index in [-0.39, 0.29) is 5.56 Å². The Kier molecular flexibility index (Phi) is 4.18. The van der Waals surface area contributed by atoms with Gasteiger partial charge in [0.2, 0.25) is 5.72 Å². The Morgan fingerprint density at radius 2 is 2.17 bits per heavy atom. The maximum Gasteiger partial charge on any atom is 0.317 e. The largest absolute Gasteiger partial charge is 0.469 e. The Balaban J connectivity index is 1.77. The van der Waals surface area contributed by atoms with Crippen LogP contribution in [0.4, 0.5) is 0 Å². The summed E-state index contributed by atoms with van der Waals surface area (Å²) in [7, 11) is 1.34. The standard InChI is InChI=1S/C21H20N4O4S/c1-4-24-10-9-12(23-24)11-15-18(26)25-17-13-7-5-6-8-14(13)29-21(2,22-20(25)30-15)16(17)19(27)28-3/h5-11,16-17H,4H2,1-3H3/b15-11+. The molecule has 0 saturated carbocycles. The molecule has 8 nitrogen and oxygen atoms in total. The molecule has 3 unspecified atom stereocenters. The van der Waals surface area contributed by atoms with Gasteiger partial charge in [0.05, 0.1) is 23.4 Å². The predicted molar refractivity (Wildman–Crippen MR) is 110 cm³/mol. The number of thiazole rings is 1. The van der Waals surface area contributed by atoms with Crippen LogP contribution in [-0.4, -0.2) is 33.2 Å². The van der Waals surface area contributed by atoms with Gasteiger partial charge in [-0.2, -0.15) is 5.10 Å². The molecule has 2 aliphatic heterocycles. The van der Waals surface area contributed by atoms with E-state index in [1.54, 1.807) is 22.2 Å². The van der Waals surface area contributed by atoms with E-state index >= 15 is 0 Å². The van der Waals surface area contributed by atoms with Gasteiger partial charge in [-0.05, 0) is 32.1 Å². The van der Waals surface area contributed by atoms with Crippen LogP contribution < -0.4 is 19.6 Å². The molecule has 30 heavy (non-hydrogen) atoms. The number of carbonyl (C=O) groups excluding carboxylic acids is 1. The van der Waals surface area contributed by atoms with Crippen LogP contribution in [0.2, 0.25) is 0 Å². The molecule has 4 heterocycles. The number of nitrogens with zero attached hydrogens (tertiary/aromatic N) is 4. The highest BCUT2D eigenvalue weighted by atomic mass is 32.1. The number of ether oxygens (including phenoxy) is 2. The molecular weight excluding hydrogens is 404 g/mol. The molecule has 0 radical (unpaired) electrons. The lowest BCUT2D eigenvalue weighted by atomic mass is 9.81. The summed E-state index contributed by atoms with van der Waals surface area (Å²) in [5.74, 6) is -0.619. The lowest BCUT2D eigenvalue weighted by Gasteiger charge is -2.44. The first-order valence-corrected chi connectivity index (χ1v) is 10.5. The summed E-state index contributed by atoms with van der Waals surface area (Å²) in [5.41, 5.74) is 0.0963. The van der Waals surface area contributed by atoms with E-state index in [1.807, 2.05) is 43.5 Å². The molecule has 3 aromatic rings. The summed E-state index contributed by atoms with van der Waals surface area (Å²) >= 11 is 1.27. The van der Waals surface area contributed by atoms with E-state index in [2.05, 4.69) is 5.10 Å². The van der Waals surface area contributed by atoms with Gasteiger partial charge in [0, 0.05) is 18.3 Å². The van der Waals surface area contributed by atoms with Crippen molar-refractivity contribution in [2.24, 2.45) is 10.9 Å². The van der Waals surface area contributed by atoms with Crippen molar-refractivity contribution >= 4 is 23.4 Å². The lowest BCUT2D eigenvalue weighted by molar-refractivity contribution is -0.158. The SMILES string of the molecule is CCn1ccc(/C=c2/sc3n(c2=O)C2c4ccccc4OC(C)(N=3)C2C(=O)OC)n1. The van der Waals surface area contributed by atoms with E-state index in [1.165, 1.54) is 18.4 Å². The van der Waals surface area contributed by atoms with Crippen molar-refractivity contribution in [3.8, 4) is 5.75 Å². The average molecular weight is 424 g/mol. The molecule has 2 aliphatic rings. The Hall–Kier alpha value is -3.20. The minimum atomic E-state index is -1.16. The minimum absolute atomic E-state index is 0.206. The second-order valence-corrected chi connectivity index (χ2v) is 8.43. The number of aryl methyl sites for hydroxylation is 1. The quantitative estimate of drug-likeness (QED) is 0.587. The van der Waals surface area contributed by atoms with E-state index < -0.39 is 23.7 Å². The third kappa shape index (κ3) is 2.65. The molecule has 154 valence electrons. The Morgan fingerprint density at radius 3 is 2.90 bits per heavy atom. The number of carbonyl (C=O) groups is 1. The molecule has 0 N–H and O–H groups in total. The van der Waals surface area contributed by atoms with Crippen LogP contribution >= 0.6 is 11.3 Å². The highest BCUT2D eigenvalue weighted by molar-refractivity contribution is 7.07. The van der Waals surface area contributed by atoms with Crippen molar-refractivity contribution in [1.82, 2.24) is 14.3 Å². The average Bonchev–Trinajstić information content (AvgIpc) is 3.30. The van der Waals surface area contributed by atoms with Gasteiger partial charge in [0.25, 0.3) is 5.56 Å². The zero-order chi connectivity index (χ0) is 21.0. The van der Waals surface area contributed by atoms with Crippen LogP contribution in [0.25, 0.3) is 6.08 Å². The maximum absolute atomic E-state index is 13.4. The third-order valence-electron chi connectivity index (χ3n) is 5.60. The summed E-state index contributed by atoms with van der Waals surface area (Å²) in [6.07, 6.45) is 3.62. The highest BCUT2D eigenvalue weighted by Gasteiger charge is 2.55. The van der Waals surface area contributed by atoms with Crippen molar-refractivity contribution in [3.05, 3.63) is 67.5 Å². The van der Waals surface area contributed by atoms with Gasteiger partial charge in [-0.15, -0.1) is 0 Å². The van der Waals surface area contributed by atoms with Crippen LogP contribution in [0.1, 0.15) is 31.1 Å². The molecular formula is C21H20N4O4S. The molecule has 0 fully saturated rings. The smallest absolute Gasteiger partial charge is 0.317 e. The zero-order valence-electron chi connectivity index (χ0n) is 16.7. The van der Waals surface area contributed by atoms with Crippen molar-refractivity contribution in [2.75, 3.05) is 7.11 Å². The third-order valence-corrected chi connectivity index (χ3v) is 6.58. The van der Waals surface area contributed by atoms with Gasteiger partial charge in [-0.1, -0.05) is 29.5 Å². The van der Waals surface area contributed by atoms with Crippen molar-refractivity contribution < 1.29 is 14.3 Å². The first-order chi connectivity index (χ1) is 14.4. The number of fused-ring (bicyclic) bond motifs is 6. The molecule has 0 saturated heterocycles. The van der Waals surface area contributed by atoms with Crippen molar-refractivity contribution in [2.45, 2.75) is 32.2 Å². The summed E-state index contributed by atoms with van der Waals surface area (Å²) in [6.45, 7) is 4.51. The van der Waals surface area contributed by atoms with Gasteiger partial charge >= 0.3 is 5.97 Å². The number of methoxy groups -OCH3 is 1. The molecule has 2 aromatic heterocycles. The van der Waals surface area contributed by atoms with Crippen LogP contribution in [0, 0.1) is 5.92 Å². The van der Waals surface area contributed by atoms with Gasteiger partial charge in [-0.3, -0.25) is 18.8 Å². The molecule has 0 spiro atoms. The summed E-state index contributed by atoms with van der Waals surface area (Å²) in [6, 6.07) is 8.73. The number of aromatic nitrogens is 3. The van der Waals surface area contributed by atoms with Gasteiger partial charge in [0.1, 0.15) is 11.7 Å². The van der Waals surface area contributed by atoms with E-state index in [0.717, 1.165) is 12.1 Å². The van der Waals surface area contributed by atoms with Gasteiger partial charge < -0.3 is 9.47 Å². The van der Waals surface area contributed by atoms with Crippen molar-refractivity contribution in [1.29, 1.82) is 0 Å². The number of rotatable bonds is 3. The molecule has 2 bridgehead atoms. The normalized spacial score (nSPS) is 24.4. The predicted octanol–water partition coefficient (Wildman–Crippen LogP) is 1.08. The minimum Gasteiger partial charge on any atom is -0.469 e. The van der Waals surface area contributed by atoms with Crippen LogP contribution in [0.5, 0.6) is 5.75 Å². The topological polar surface area (TPSA) is 87.7 Å². The van der Waals surface area contributed by atoms with E-state index in [0.29, 0.717) is 20.8 Å². The fraction of sp³-hybridized carbons (Fsp3) is 0.333. The first kappa shape index (κ1) is 18.8. The first-order valence-electron chi connectivity index (χ1n) is 9.67. The summed E-state index contributed by atoms with van der Waals surface area (Å²) in [4.78, 5) is 31.4. The number of benzene rings is 1. The zero-order valence-corrected chi connectivity index (χ0v) is 17.5. The lowest BCUT2D eigenvalue weighted by Crippen LogP contribution is -2.58. The summed E-state index contributed by atoms with van der Waals surface area (Å²) < 4.78 is 15.1. The van der Waals surface area contributed by atoms with Crippen molar-refractivity contribution in [3.63, 3.8) is 0 Å². The number of para-hydroxylation sites is 1. The molecule has 1 aromatic carbocycles. The second-order valence-electron chi connectivity index (χ2n) is 7.42. The molecule has 3 atom stereocenters. The Labute approximate surface area is 175 Å². The van der Waals surface area contributed by atoms with Crippen LogP contribution in [0.15, 0.2) is 46.3 Å². The van der Waals surface area contributed by atoms with E-state index in [9.17, 15) is 9.59 Å². The number of hydrogen-bond donors (Lipinski definition) is 0. The van der Waals surface area contributed by atoms with Crippen LogP contribution in [-0.2, 0) is 16.1 Å². The summed E-state index contributed by atoms with van der Waals surface area (Å²) in [5, 5.41) is 4.43. The number of hydrogen-bond acceptors (Lipinski definition) is 7. The molecule has 5 rings (SSSR count). The Bertz CT molecular complexity index is 1340. The monoisotopic (exact) mass is 424 g/mol. The number of esters is 1. The highest BCUT2D eigenvalue weighted by Crippen LogP contribution is 2.47.